The van der Waals surface area contributed by atoms with Gasteiger partial charge in [-0.3, -0.25) is 0 Å². The lowest BCUT2D eigenvalue weighted by Gasteiger charge is -2.37. The topological polar surface area (TPSA) is 161 Å². The zero-order valence-electron chi connectivity index (χ0n) is 22.3. The second-order valence-corrected chi connectivity index (χ2v) is 8.77. The van der Waals surface area contributed by atoms with Crippen LogP contribution in [0.3, 0.4) is 0 Å². The Kier molecular flexibility index (Phi) is 23.2. The molecule has 0 aromatic carbocycles. The quantitative estimate of drug-likeness (QED) is 0.0284. The molecule has 0 saturated carbocycles. The third kappa shape index (κ3) is 17.9. The van der Waals surface area contributed by atoms with Gasteiger partial charge in [0.1, 0.15) is 38.6 Å². The van der Waals surface area contributed by atoms with Crippen molar-refractivity contribution in [1.29, 1.82) is 0 Å². The van der Waals surface area contributed by atoms with Crippen molar-refractivity contribution in [3.63, 3.8) is 0 Å². The molecule has 0 spiro atoms. The molecule has 0 aliphatic carbocycles. The third-order valence-corrected chi connectivity index (χ3v) is 5.78. The van der Waals surface area contributed by atoms with Gasteiger partial charge in [0, 0.05) is 5.41 Å². The number of hydrogen-bond acceptors (Lipinski definition) is 11. The maximum absolute atomic E-state index is 11.0. The summed E-state index contributed by atoms with van der Waals surface area (Å²) < 4.78 is 32.2. The molecule has 0 fully saturated rings. The molecule has 6 N–H and O–H groups in total. The number of aliphatic hydroxyl groups excluding tert-OH is 5. The zero-order chi connectivity index (χ0) is 27.8. The van der Waals surface area contributed by atoms with Crippen LogP contribution in [0.2, 0.25) is 0 Å². The van der Waals surface area contributed by atoms with Crippen LogP contribution in [0, 0.1) is 5.41 Å². The summed E-state index contributed by atoms with van der Waals surface area (Å²) in [6.45, 7) is 10.8. The Labute approximate surface area is 221 Å². The number of hydrogen-bond donors (Lipinski definition) is 6. The fourth-order valence-electron chi connectivity index (χ4n) is 3.59. The zero-order valence-corrected chi connectivity index (χ0v) is 22.3. The van der Waals surface area contributed by atoms with E-state index in [1.54, 1.807) is 6.08 Å². The first-order valence-electron chi connectivity index (χ1n) is 12.7. The lowest BCUT2D eigenvalue weighted by molar-refractivity contribution is -0.904. The fourth-order valence-corrected chi connectivity index (χ4v) is 3.59. The summed E-state index contributed by atoms with van der Waals surface area (Å²) in [6, 6.07) is 0. The Morgan fingerprint density at radius 2 is 1.46 bits per heavy atom. The van der Waals surface area contributed by atoms with E-state index in [0.29, 0.717) is 39.1 Å². The maximum Gasteiger partial charge on any atom is 0.188 e. The lowest BCUT2D eigenvalue weighted by atomic mass is 9.79. The first kappa shape index (κ1) is 35.8. The summed E-state index contributed by atoms with van der Waals surface area (Å²) in [7, 11) is 0. The van der Waals surface area contributed by atoms with Crippen molar-refractivity contribution in [2.45, 2.75) is 38.1 Å². The van der Waals surface area contributed by atoms with Gasteiger partial charge in [0.2, 0.25) is 0 Å². The minimum atomic E-state index is -0.881. The second kappa shape index (κ2) is 23.9. The molecule has 220 valence electrons. The largest absolute Gasteiger partial charge is 0.476 e. The Morgan fingerprint density at radius 3 is 2.03 bits per heavy atom. The van der Waals surface area contributed by atoms with Gasteiger partial charge in [-0.2, -0.15) is 0 Å². The second-order valence-electron chi connectivity index (χ2n) is 8.77. The summed E-state index contributed by atoms with van der Waals surface area (Å²) in [6.07, 6.45) is 1.10. The van der Waals surface area contributed by atoms with E-state index in [1.807, 2.05) is 6.92 Å². The van der Waals surface area contributed by atoms with Gasteiger partial charge in [-0.15, -0.1) is 6.58 Å². The van der Waals surface area contributed by atoms with Crippen LogP contribution in [0.25, 0.3) is 0 Å². The molecule has 0 aromatic heterocycles. The van der Waals surface area contributed by atoms with E-state index in [9.17, 15) is 15.3 Å². The molecule has 0 heterocycles. The van der Waals surface area contributed by atoms with E-state index < -0.39 is 23.7 Å². The van der Waals surface area contributed by atoms with Gasteiger partial charge in [-0.25, -0.2) is 0 Å². The number of ether oxygens (including phenoxy) is 6. The molecule has 37 heavy (non-hydrogen) atoms. The minimum Gasteiger partial charge on any atom is -0.476 e. The molecule has 0 aliphatic heterocycles. The van der Waals surface area contributed by atoms with Gasteiger partial charge >= 0.3 is 0 Å². The normalized spacial score (nSPS) is 15.8. The molecule has 0 aliphatic rings. The van der Waals surface area contributed by atoms with E-state index in [4.69, 9.17) is 38.6 Å². The molecule has 12 nitrogen and oxygen atoms in total. The van der Waals surface area contributed by atoms with Crippen LogP contribution < -0.4 is 4.90 Å². The third-order valence-electron chi connectivity index (χ3n) is 5.78. The summed E-state index contributed by atoms with van der Waals surface area (Å²) in [5.41, 5.74) is -0.821. The highest BCUT2D eigenvalue weighted by Gasteiger charge is 2.37. The van der Waals surface area contributed by atoms with Gasteiger partial charge in [-0.1, -0.05) is 19.6 Å². The first-order chi connectivity index (χ1) is 17.9. The summed E-state index contributed by atoms with van der Waals surface area (Å²) >= 11 is 0. The van der Waals surface area contributed by atoms with E-state index in [2.05, 4.69) is 13.2 Å². The number of nitrogens with one attached hydrogen (secondary N) is 1. The van der Waals surface area contributed by atoms with Crippen LogP contribution in [-0.2, 0) is 28.4 Å². The summed E-state index contributed by atoms with van der Waals surface area (Å²) in [5, 5.41) is 49.8. The molecule has 0 aromatic rings. The van der Waals surface area contributed by atoms with Gasteiger partial charge in [0.15, 0.2) is 6.79 Å². The van der Waals surface area contributed by atoms with Crippen molar-refractivity contribution in [2.24, 2.45) is 5.41 Å². The number of aliphatic hydroxyl groups is 5. The van der Waals surface area contributed by atoms with Crippen LogP contribution >= 0.6 is 0 Å². The Hall–Kier alpha value is -1.16. The molecule has 0 bridgehead atoms. The first-order valence-corrected chi connectivity index (χ1v) is 12.7. The van der Waals surface area contributed by atoms with Crippen molar-refractivity contribution in [2.75, 3.05) is 92.7 Å². The summed E-state index contributed by atoms with van der Waals surface area (Å²) in [5.74, 6) is 0. The van der Waals surface area contributed by atoms with E-state index >= 15 is 0 Å². The van der Waals surface area contributed by atoms with Crippen LogP contribution in [0.4, 0.5) is 0 Å². The van der Waals surface area contributed by atoms with Crippen LogP contribution in [0.5, 0.6) is 0 Å². The van der Waals surface area contributed by atoms with Crippen molar-refractivity contribution >= 4 is 0 Å². The maximum atomic E-state index is 11.0. The van der Waals surface area contributed by atoms with E-state index in [-0.39, 0.29) is 66.4 Å². The van der Waals surface area contributed by atoms with Gasteiger partial charge in [0.25, 0.3) is 0 Å². The van der Waals surface area contributed by atoms with Crippen LogP contribution in [0.15, 0.2) is 25.5 Å². The average molecular weight is 541 g/mol. The summed E-state index contributed by atoms with van der Waals surface area (Å²) in [4.78, 5) is 0.858. The number of rotatable bonds is 28. The molecule has 0 radical (unpaired) electrons. The SMILES string of the molecule is C=CCOCOCC(O)COCC(CC)(COCC(O)C[NH+](CCO)CCO)C(O)CCOCOC=C. The predicted octanol–water partition coefficient (Wildman–Crippen LogP) is -1.93. The highest BCUT2D eigenvalue weighted by Crippen LogP contribution is 2.30. The van der Waals surface area contributed by atoms with Crippen molar-refractivity contribution in [3.8, 4) is 0 Å². The van der Waals surface area contributed by atoms with Crippen molar-refractivity contribution in [1.82, 2.24) is 0 Å². The Morgan fingerprint density at radius 1 is 0.838 bits per heavy atom. The highest BCUT2D eigenvalue weighted by molar-refractivity contribution is 4.86. The van der Waals surface area contributed by atoms with E-state index in [0.717, 1.165) is 4.90 Å². The highest BCUT2D eigenvalue weighted by atomic mass is 16.7. The molecule has 0 amide bonds. The average Bonchev–Trinajstić information content (AvgIpc) is 2.87. The molecular weight excluding hydrogens is 490 g/mol. The molecule has 4 atom stereocenters. The van der Waals surface area contributed by atoms with Gasteiger partial charge < -0.3 is 58.9 Å². The van der Waals surface area contributed by atoms with Gasteiger partial charge in [-0.05, 0) is 12.8 Å². The fraction of sp³-hybridized carbons (Fsp3) is 0.840. The molecule has 0 saturated heterocycles. The molecule has 0 rings (SSSR count). The number of quaternary nitrogens is 1. The van der Waals surface area contributed by atoms with Crippen LogP contribution in [0.1, 0.15) is 19.8 Å². The van der Waals surface area contributed by atoms with E-state index in [1.165, 1.54) is 6.26 Å². The monoisotopic (exact) mass is 540 g/mol. The molecule has 12 heteroatoms. The standard InChI is InChI=1S/C25H49NO11/c1-4-12-33-21-37-17-23(30)16-36-19-25(5-2,24(31)7-13-34-20-32-6-3)18-35-15-22(29)14-26(8-10-27)9-11-28/h4,6,22-24,27-31H,1,3,5,7-21H2,2H3/p+1. The Bertz CT molecular complexity index is 537. The van der Waals surface area contributed by atoms with Crippen molar-refractivity contribution in [3.05, 3.63) is 25.5 Å². The van der Waals surface area contributed by atoms with Crippen molar-refractivity contribution < 1.29 is 58.9 Å². The minimum absolute atomic E-state index is 0.0110. The van der Waals surface area contributed by atoms with Gasteiger partial charge in [0.05, 0.1) is 71.8 Å². The van der Waals surface area contributed by atoms with Crippen LogP contribution in [-0.4, -0.2) is 137 Å². The molecule has 4 unspecified atom stereocenters. The Balaban J connectivity index is 4.89. The predicted molar refractivity (Wildman–Crippen MR) is 136 cm³/mol. The molecular formula is C25H50NO11+. The smallest absolute Gasteiger partial charge is 0.188 e. The lowest BCUT2D eigenvalue weighted by Crippen LogP contribution is -3.14.